The van der Waals surface area contributed by atoms with Gasteiger partial charge in [0, 0.05) is 19.0 Å². The number of hydrogen-bond acceptors (Lipinski definition) is 4. The number of carbonyl (C=O) groups is 1. The number of nitrogens with one attached hydrogen (secondary N) is 2. The predicted octanol–water partition coefficient (Wildman–Crippen LogP) is 0.578. The van der Waals surface area contributed by atoms with Crippen molar-refractivity contribution in [3.63, 3.8) is 0 Å². The molecule has 0 radical (unpaired) electrons. The molecular weight excluding hydrogens is 206 g/mol. The van der Waals surface area contributed by atoms with Crippen molar-refractivity contribution in [1.82, 2.24) is 5.32 Å². The number of nitrogens with two attached hydrogens (primary N) is 1. The predicted molar refractivity (Wildman–Crippen MR) is 62.4 cm³/mol. The van der Waals surface area contributed by atoms with Gasteiger partial charge in [0.2, 0.25) is 5.91 Å². The Morgan fingerprint density at radius 3 is 3.00 bits per heavy atom. The molecule has 5 heteroatoms. The van der Waals surface area contributed by atoms with E-state index in [0.717, 1.165) is 11.4 Å². The summed E-state index contributed by atoms with van der Waals surface area (Å²) in [7, 11) is 1.61. The molecule has 1 atom stereocenters. The van der Waals surface area contributed by atoms with E-state index in [1.54, 1.807) is 19.2 Å². The van der Waals surface area contributed by atoms with Gasteiger partial charge < -0.3 is 21.1 Å². The smallest absolute Gasteiger partial charge is 0.222 e. The highest BCUT2D eigenvalue weighted by Gasteiger charge is 2.21. The largest absolute Gasteiger partial charge is 0.497 e. The topological polar surface area (TPSA) is 76.4 Å². The number of amides is 1. The Morgan fingerprint density at radius 2 is 2.38 bits per heavy atom. The molecular formula is C11H15N3O2. The van der Waals surface area contributed by atoms with Crippen LogP contribution in [0, 0.1) is 0 Å². The van der Waals surface area contributed by atoms with Gasteiger partial charge in [-0.25, -0.2) is 0 Å². The van der Waals surface area contributed by atoms with Crippen LogP contribution in [0.1, 0.15) is 6.42 Å². The first-order valence-electron chi connectivity index (χ1n) is 5.16. The number of ether oxygens (including phenoxy) is 1. The Kier molecular flexibility index (Phi) is 2.85. The van der Waals surface area contributed by atoms with Gasteiger partial charge in [-0.15, -0.1) is 0 Å². The van der Waals surface area contributed by atoms with Gasteiger partial charge in [0.25, 0.3) is 0 Å². The van der Waals surface area contributed by atoms with Crippen LogP contribution in [0.2, 0.25) is 0 Å². The van der Waals surface area contributed by atoms with Gasteiger partial charge >= 0.3 is 0 Å². The summed E-state index contributed by atoms with van der Waals surface area (Å²) in [6.07, 6.45) is 0.483. The van der Waals surface area contributed by atoms with Gasteiger partial charge in [-0.1, -0.05) is 0 Å². The van der Waals surface area contributed by atoms with Gasteiger partial charge in [-0.2, -0.15) is 0 Å². The number of methoxy groups -OCH3 is 1. The average molecular weight is 221 g/mol. The monoisotopic (exact) mass is 221 g/mol. The summed E-state index contributed by atoms with van der Waals surface area (Å²) < 4.78 is 5.12. The maximum Gasteiger partial charge on any atom is 0.222 e. The van der Waals surface area contributed by atoms with Crippen molar-refractivity contribution in [1.29, 1.82) is 0 Å². The van der Waals surface area contributed by atoms with E-state index in [4.69, 9.17) is 10.5 Å². The molecule has 4 N–H and O–H groups in total. The molecule has 1 aliphatic rings. The summed E-state index contributed by atoms with van der Waals surface area (Å²) in [4.78, 5) is 11.0. The molecule has 86 valence electrons. The zero-order valence-corrected chi connectivity index (χ0v) is 9.12. The second kappa shape index (κ2) is 4.30. The summed E-state index contributed by atoms with van der Waals surface area (Å²) in [5, 5.41) is 5.99. The summed E-state index contributed by atoms with van der Waals surface area (Å²) in [5.41, 5.74) is 7.29. The van der Waals surface area contributed by atoms with Gasteiger partial charge in [0.15, 0.2) is 0 Å². The SMILES string of the molecule is COc1ccc(N)c(NC2CNC(=O)C2)c1. The van der Waals surface area contributed by atoms with Crippen molar-refractivity contribution in [2.24, 2.45) is 0 Å². The molecule has 2 rings (SSSR count). The summed E-state index contributed by atoms with van der Waals surface area (Å²) >= 11 is 0. The van der Waals surface area contributed by atoms with Gasteiger partial charge in [0.1, 0.15) is 5.75 Å². The lowest BCUT2D eigenvalue weighted by atomic mass is 10.2. The van der Waals surface area contributed by atoms with E-state index < -0.39 is 0 Å². The molecule has 16 heavy (non-hydrogen) atoms. The Labute approximate surface area is 94.0 Å². The molecule has 0 aliphatic carbocycles. The highest BCUT2D eigenvalue weighted by molar-refractivity contribution is 5.80. The molecule has 1 unspecified atom stereocenters. The van der Waals surface area contributed by atoms with E-state index in [9.17, 15) is 4.79 Å². The summed E-state index contributed by atoms with van der Waals surface area (Å²) in [6.45, 7) is 0.634. The lowest BCUT2D eigenvalue weighted by Crippen LogP contribution is -2.22. The van der Waals surface area contributed by atoms with Gasteiger partial charge in [0.05, 0.1) is 24.5 Å². The molecule has 0 spiro atoms. The second-order valence-electron chi connectivity index (χ2n) is 3.80. The fourth-order valence-corrected chi connectivity index (χ4v) is 1.71. The van der Waals surface area contributed by atoms with E-state index >= 15 is 0 Å². The van der Waals surface area contributed by atoms with Crippen LogP contribution in [-0.4, -0.2) is 25.6 Å². The van der Waals surface area contributed by atoms with Crippen molar-refractivity contribution in [2.45, 2.75) is 12.5 Å². The highest BCUT2D eigenvalue weighted by Crippen LogP contribution is 2.25. The first kappa shape index (κ1) is 10.6. The van der Waals surface area contributed by atoms with E-state index in [-0.39, 0.29) is 11.9 Å². The van der Waals surface area contributed by atoms with Crippen LogP contribution in [0.4, 0.5) is 11.4 Å². The molecule has 1 fully saturated rings. The third-order valence-electron chi connectivity index (χ3n) is 2.60. The quantitative estimate of drug-likeness (QED) is 0.652. The van der Waals surface area contributed by atoms with E-state index in [2.05, 4.69) is 10.6 Å². The zero-order chi connectivity index (χ0) is 11.5. The minimum Gasteiger partial charge on any atom is -0.497 e. The molecule has 1 heterocycles. The summed E-state index contributed by atoms with van der Waals surface area (Å²) in [6, 6.07) is 5.52. The maximum atomic E-state index is 11.0. The number of benzene rings is 1. The molecule has 0 bridgehead atoms. The highest BCUT2D eigenvalue weighted by atomic mass is 16.5. The number of carbonyl (C=O) groups excluding carboxylic acids is 1. The van der Waals surface area contributed by atoms with E-state index in [1.807, 2.05) is 6.07 Å². The number of anilines is 2. The van der Waals surface area contributed by atoms with Crippen molar-refractivity contribution in [3.05, 3.63) is 18.2 Å². The van der Waals surface area contributed by atoms with Crippen molar-refractivity contribution in [2.75, 3.05) is 24.7 Å². The third kappa shape index (κ3) is 2.18. The molecule has 0 aromatic heterocycles. The van der Waals surface area contributed by atoms with Crippen LogP contribution >= 0.6 is 0 Å². The molecule has 5 nitrogen and oxygen atoms in total. The molecule has 1 aromatic carbocycles. The van der Waals surface area contributed by atoms with Crippen LogP contribution in [-0.2, 0) is 4.79 Å². The molecule has 1 aromatic rings. The normalized spacial score (nSPS) is 19.3. The first-order valence-corrected chi connectivity index (χ1v) is 5.16. The van der Waals surface area contributed by atoms with Gasteiger partial charge in [-0.05, 0) is 12.1 Å². The average Bonchev–Trinajstić information content (AvgIpc) is 2.67. The summed E-state index contributed by atoms with van der Waals surface area (Å²) in [5.74, 6) is 0.813. The lowest BCUT2D eigenvalue weighted by molar-refractivity contribution is -0.119. The minimum absolute atomic E-state index is 0.0685. The Hall–Kier alpha value is -1.91. The van der Waals surface area contributed by atoms with E-state index in [1.165, 1.54) is 0 Å². The Balaban J connectivity index is 2.11. The van der Waals surface area contributed by atoms with Crippen LogP contribution in [0.15, 0.2) is 18.2 Å². The minimum atomic E-state index is 0.0685. The van der Waals surface area contributed by atoms with Crippen molar-refractivity contribution in [3.8, 4) is 5.75 Å². The zero-order valence-electron chi connectivity index (χ0n) is 9.12. The fourth-order valence-electron chi connectivity index (χ4n) is 1.71. The molecule has 1 saturated heterocycles. The maximum absolute atomic E-state index is 11.0. The molecule has 1 aliphatic heterocycles. The van der Waals surface area contributed by atoms with Crippen LogP contribution in [0.3, 0.4) is 0 Å². The van der Waals surface area contributed by atoms with E-state index in [0.29, 0.717) is 18.7 Å². The van der Waals surface area contributed by atoms with Crippen LogP contribution < -0.4 is 21.1 Å². The third-order valence-corrected chi connectivity index (χ3v) is 2.60. The van der Waals surface area contributed by atoms with Crippen molar-refractivity contribution >= 4 is 17.3 Å². The number of nitrogen functional groups attached to an aromatic ring is 1. The Morgan fingerprint density at radius 1 is 1.56 bits per heavy atom. The van der Waals surface area contributed by atoms with Gasteiger partial charge in [-0.3, -0.25) is 4.79 Å². The lowest BCUT2D eigenvalue weighted by Gasteiger charge is -2.14. The molecule has 1 amide bonds. The van der Waals surface area contributed by atoms with Crippen LogP contribution in [0.5, 0.6) is 5.75 Å². The standard InChI is InChI=1S/C11H15N3O2/c1-16-8-2-3-9(12)10(5-8)14-7-4-11(15)13-6-7/h2-3,5,7,14H,4,6,12H2,1H3,(H,13,15). The van der Waals surface area contributed by atoms with Crippen molar-refractivity contribution < 1.29 is 9.53 Å². The second-order valence-corrected chi connectivity index (χ2v) is 3.80. The Bertz CT molecular complexity index is 406. The first-order chi connectivity index (χ1) is 7.69. The number of rotatable bonds is 3. The molecule has 0 saturated carbocycles. The van der Waals surface area contributed by atoms with Crippen LogP contribution in [0.25, 0.3) is 0 Å². The fraction of sp³-hybridized carbons (Fsp3) is 0.364. The number of hydrogen-bond donors (Lipinski definition) is 3.